The second kappa shape index (κ2) is 6.07. The first-order valence-electron chi connectivity index (χ1n) is 8.08. The van der Waals surface area contributed by atoms with Crippen LogP contribution in [-0.4, -0.2) is 27.5 Å². The second-order valence-corrected chi connectivity index (χ2v) is 8.45. The van der Waals surface area contributed by atoms with Crippen molar-refractivity contribution in [3.8, 4) is 0 Å². The molecule has 130 valence electrons. The monoisotopic (exact) mass is 373 g/mol. The molecule has 4 nitrogen and oxygen atoms in total. The number of aryl methyl sites for hydroxylation is 1. The molecule has 0 amide bonds. The van der Waals surface area contributed by atoms with Gasteiger partial charge in [0.25, 0.3) is 5.84 Å². The average Bonchev–Trinajstić information content (AvgIpc) is 2.76. The summed E-state index contributed by atoms with van der Waals surface area (Å²) in [6, 6.07) is 7.70. The highest BCUT2D eigenvalue weighted by Crippen LogP contribution is 2.40. The number of rotatable bonds is 1. The van der Waals surface area contributed by atoms with E-state index in [0.717, 1.165) is 21.8 Å². The zero-order valence-electron chi connectivity index (χ0n) is 15.1. The molecular formula is C19H22ClN4S+. The lowest BCUT2D eigenvalue weighted by Crippen LogP contribution is -2.39. The summed E-state index contributed by atoms with van der Waals surface area (Å²) >= 11 is 7.71. The Bertz CT molecular complexity index is 929. The van der Waals surface area contributed by atoms with Crippen LogP contribution in [0.4, 0.5) is 5.00 Å². The van der Waals surface area contributed by atoms with Crippen molar-refractivity contribution in [3.05, 3.63) is 50.9 Å². The zero-order chi connectivity index (χ0) is 18.5. The third kappa shape index (κ3) is 2.92. The highest BCUT2D eigenvalue weighted by atomic mass is 35.5. The maximum atomic E-state index is 8.72. The molecule has 0 saturated heterocycles. The minimum absolute atomic E-state index is 0.374. The van der Waals surface area contributed by atoms with E-state index in [2.05, 4.69) is 13.8 Å². The van der Waals surface area contributed by atoms with Crippen LogP contribution in [0.15, 0.2) is 29.3 Å². The Labute approximate surface area is 157 Å². The highest BCUT2D eigenvalue weighted by Gasteiger charge is 2.39. The number of thiophene rings is 1. The fraction of sp³-hybridized carbons (Fsp3) is 0.316. The van der Waals surface area contributed by atoms with Crippen molar-refractivity contribution in [1.82, 2.24) is 0 Å². The number of benzene rings is 1. The number of nitrogens with two attached hydrogens (primary N) is 1. The van der Waals surface area contributed by atoms with Crippen LogP contribution in [0.2, 0.25) is 5.02 Å². The van der Waals surface area contributed by atoms with Crippen LogP contribution in [0.5, 0.6) is 0 Å². The standard InChI is InChI=1S/C19H21ClN4S/c1-10-11(2)25-17-15(10)16(13-6-8-14(20)9-7-13)23-19(4,5)18(22)24(17)12(3)21/h6-9,21-22H,1-5H3/p+1. The molecule has 2 aromatic rings. The fourth-order valence-electron chi connectivity index (χ4n) is 2.96. The van der Waals surface area contributed by atoms with Crippen molar-refractivity contribution < 1.29 is 4.58 Å². The van der Waals surface area contributed by atoms with Crippen molar-refractivity contribution in [1.29, 1.82) is 5.41 Å². The van der Waals surface area contributed by atoms with Gasteiger partial charge in [0.05, 0.1) is 11.3 Å². The van der Waals surface area contributed by atoms with E-state index in [4.69, 9.17) is 27.7 Å². The third-order valence-corrected chi connectivity index (χ3v) is 5.92. The van der Waals surface area contributed by atoms with Crippen molar-refractivity contribution in [2.45, 2.75) is 40.2 Å². The topological polar surface area (TPSA) is 65.2 Å². The zero-order valence-corrected chi connectivity index (χ0v) is 16.6. The van der Waals surface area contributed by atoms with Gasteiger partial charge < -0.3 is 5.73 Å². The molecule has 6 heteroatoms. The number of nitrogens with zero attached hydrogens (tertiary/aromatic N) is 2. The van der Waals surface area contributed by atoms with Crippen molar-refractivity contribution in [2.24, 2.45) is 10.7 Å². The van der Waals surface area contributed by atoms with Gasteiger partial charge in [-0.15, -0.1) is 11.3 Å². The number of hydrogen-bond donors (Lipinski definition) is 2. The molecule has 0 radical (unpaired) electrons. The third-order valence-electron chi connectivity index (χ3n) is 4.47. The molecule has 1 aliphatic heterocycles. The molecule has 3 N–H and O–H groups in total. The molecule has 0 bridgehead atoms. The molecule has 25 heavy (non-hydrogen) atoms. The molecule has 0 unspecified atom stereocenters. The fourth-order valence-corrected chi connectivity index (χ4v) is 4.31. The average molecular weight is 374 g/mol. The molecule has 0 fully saturated rings. The number of hydrogen-bond acceptors (Lipinski definition) is 3. The quantitative estimate of drug-likeness (QED) is 0.554. The van der Waals surface area contributed by atoms with Crippen LogP contribution in [0.25, 0.3) is 0 Å². The van der Waals surface area contributed by atoms with Crippen LogP contribution >= 0.6 is 22.9 Å². The normalized spacial score (nSPS) is 18.5. The van der Waals surface area contributed by atoms with Gasteiger partial charge in [0.15, 0.2) is 10.8 Å². The van der Waals surface area contributed by atoms with Crippen LogP contribution in [0.3, 0.4) is 0 Å². The Morgan fingerprint density at radius 3 is 2.40 bits per heavy atom. The molecule has 2 heterocycles. The first-order chi connectivity index (χ1) is 11.6. The molecule has 0 saturated carbocycles. The highest BCUT2D eigenvalue weighted by molar-refractivity contribution is 7.16. The summed E-state index contributed by atoms with van der Waals surface area (Å²) in [5.74, 6) is 0.951. The largest absolute Gasteiger partial charge is 0.322 e. The molecule has 1 aliphatic rings. The van der Waals surface area contributed by atoms with Gasteiger partial charge in [-0.1, -0.05) is 23.7 Å². The molecule has 0 atom stereocenters. The lowest BCUT2D eigenvalue weighted by molar-refractivity contribution is -0.311. The van der Waals surface area contributed by atoms with Gasteiger partial charge in [0, 0.05) is 22.4 Å². The van der Waals surface area contributed by atoms with Crippen molar-refractivity contribution >= 4 is 45.3 Å². The SMILES string of the molecule is CC(N)=[N+]1C(=N)C(C)(C)N=C(c2ccc(Cl)cc2)c2c1sc(C)c2C. The van der Waals surface area contributed by atoms with Crippen LogP contribution in [0.1, 0.15) is 42.3 Å². The number of fused-ring (bicyclic) bond motifs is 1. The number of halogens is 1. The van der Waals surface area contributed by atoms with Gasteiger partial charge in [0.1, 0.15) is 5.54 Å². The Hall–Kier alpha value is -1.98. The first-order valence-corrected chi connectivity index (χ1v) is 9.27. The van der Waals surface area contributed by atoms with Gasteiger partial charge in [-0.05, 0) is 45.4 Å². The molecule has 3 rings (SSSR count). The molecular weight excluding hydrogens is 352 g/mol. The molecule has 0 aliphatic carbocycles. The van der Waals surface area contributed by atoms with E-state index in [-0.39, 0.29) is 0 Å². The molecule has 1 aromatic carbocycles. The lowest BCUT2D eigenvalue weighted by Gasteiger charge is -2.18. The minimum Gasteiger partial charge on any atom is -0.322 e. The Balaban J connectivity index is 2.41. The summed E-state index contributed by atoms with van der Waals surface area (Å²) in [5, 5.41) is 10.4. The maximum Gasteiger partial charge on any atom is 0.262 e. The Kier molecular flexibility index (Phi) is 4.33. The number of nitrogens with one attached hydrogen (secondary N) is 1. The van der Waals surface area contributed by atoms with Crippen LogP contribution < -0.4 is 5.73 Å². The van der Waals surface area contributed by atoms with Gasteiger partial charge in [-0.25, -0.2) is 0 Å². The van der Waals surface area contributed by atoms with Crippen molar-refractivity contribution in [2.75, 3.05) is 0 Å². The van der Waals surface area contributed by atoms with E-state index in [1.807, 2.05) is 49.6 Å². The summed E-state index contributed by atoms with van der Waals surface area (Å²) in [5.41, 5.74) is 9.56. The van der Waals surface area contributed by atoms with Crippen LogP contribution in [0, 0.1) is 19.3 Å². The predicted molar refractivity (Wildman–Crippen MR) is 107 cm³/mol. The number of aliphatic imine (C=N–C) groups is 1. The molecule has 1 aromatic heterocycles. The van der Waals surface area contributed by atoms with Gasteiger partial charge in [0.2, 0.25) is 0 Å². The Morgan fingerprint density at radius 2 is 1.84 bits per heavy atom. The van der Waals surface area contributed by atoms with E-state index in [9.17, 15) is 0 Å². The number of amidine groups is 2. The minimum atomic E-state index is -0.700. The van der Waals surface area contributed by atoms with E-state index >= 15 is 0 Å². The lowest BCUT2D eigenvalue weighted by atomic mass is 9.99. The van der Waals surface area contributed by atoms with Crippen molar-refractivity contribution in [3.63, 3.8) is 0 Å². The van der Waals surface area contributed by atoms with Crippen LogP contribution in [-0.2, 0) is 0 Å². The summed E-state index contributed by atoms with van der Waals surface area (Å²) in [6.07, 6.45) is 0. The summed E-state index contributed by atoms with van der Waals surface area (Å²) in [6.45, 7) is 9.90. The predicted octanol–water partition coefficient (Wildman–Crippen LogP) is 4.65. The first kappa shape index (κ1) is 17.8. The maximum absolute atomic E-state index is 8.72. The smallest absolute Gasteiger partial charge is 0.262 e. The summed E-state index contributed by atoms with van der Waals surface area (Å²) in [4.78, 5) is 6.18. The Morgan fingerprint density at radius 1 is 1.24 bits per heavy atom. The second-order valence-electron chi connectivity index (χ2n) is 6.82. The van der Waals surface area contributed by atoms with Gasteiger partial charge in [-0.3, -0.25) is 4.99 Å². The summed E-state index contributed by atoms with van der Waals surface area (Å²) < 4.78 is 1.83. The van der Waals surface area contributed by atoms with E-state index < -0.39 is 5.54 Å². The van der Waals surface area contributed by atoms with E-state index in [1.54, 1.807) is 11.3 Å². The molecule has 0 spiro atoms. The van der Waals surface area contributed by atoms with E-state index in [1.165, 1.54) is 10.4 Å². The van der Waals surface area contributed by atoms with Gasteiger partial charge >= 0.3 is 0 Å². The summed E-state index contributed by atoms with van der Waals surface area (Å²) in [7, 11) is 0. The van der Waals surface area contributed by atoms with E-state index in [0.29, 0.717) is 16.7 Å². The van der Waals surface area contributed by atoms with Gasteiger partial charge in [-0.2, -0.15) is 9.98 Å².